The molecule has 0 aliphatic carbocycles. The number of aromatic nitrogens is 2. The number of ether oxygens (including phenoxy) is 2. The normalized spacial score (nSPS) is 16.9. The Kier molecular flexibility index (Phi) is 3.06. The third-order valence-corrected chi connectivity index (χ3v) is 2.76. The molecular formula is C13H13N3O3. The number of nitrogens with zero attached hydrogens (tertiary/aromatic N) is 1. The highest BCUT2D eigenvalue weighted by Crippen LogP contribution is 2.30. The topological polar surface area (TPSA) is 76.2 Å². The van der Waals surface area contributed by atoms with Crippen molar-refractivity contribution in [1.82, 2.24) is 10.2 Å². The molecular weight excluding hydrogens is 246 g/mol. The maximum Gasteiger partial charge on any atom is 0.264 e. The van der Waals surface area contributed by atoms with Gasteiger partial charge in [0, 0.05) is 6.07 Å². The Morgan fingerprint density at radius 3 is 2.89 bits per heavy atom. The third kappa shape index (κ3) is 2.67. The van der Waals surface area contributed by atoms with Crippen LogP contribution in [0.1, 0.15) is 0 Å². The van der Waals surface area contributed by atoms with Gasteiger partial charge in [0.1, 0.15) is 18.5 Å². The molecule has 0 bridgehead atoms. The van der Waals surface area contributed by atoms with Crippen LogP contribution in [0.25, 0.3) is 0 Å². The summed E-state index contributed by atoms with van der Waals surface area (Å²) < 4.78 is 11.4. The van der Waals surface area contributed by atoms with Crippen LogP contribution in [0.3, 0.4) is 0 Å². The van der Waals surface area contributed by atoms with E-state index in [9.17, 15) is 4.79 Å². The summed E-state index contributed by atoms with van der Waals surface area (Å²) in [6.45, 7) is 1.03. The molecule has 1 aromatic carbocycles. The standard InChI is InChI=1S/C13H13N3O3/c17-13-6-5-12(15-16-13)14-7-9-8-18-10-3-1-2-4-11(10)19-9/h1-6,9H,7-8H2,(H,14,15)(H,16,17). The molecule has 6 nitrogen and oxygen atoms in total. The van der Waals surface area contributed by atoms with Crippen LogP contribution in [-0.2, 0) is 0 Å². The van der Waals surface area contributed by atoms with Crippen LogP contribution in [-0.4, -0.2) is 29.5 Å². The molecule has 1 aromatic heterocycles. The van der Waals surface area contributed by atoms with E-state index in [0.717, 1.165) is 11.5 Å². The zero-order valence-corrected chi connectivity index (χ0v) is 10.1. The van der Waals surface area contributed by atoms with E-state index in [0.29, 0.717) is 19.0 Å². The van der Waals surface area contributed by atoms with Crippen molar-refractivity contribution in [2.75, 3.05) is 18.5 Å². The largest absolute Gasteiger partial charge is 0.486 e. The van der Waals surface area contributed by atoms with E-state index in [1.54, 1.807) is 6.07 Å². The van der Waals surface area contributed by atoms with E-state index in [1.165, 1.54) is 6.07 Å². The molecule has 1 unspecified atom stereocenters. The molecule has 1 aliphatic heterocycles. The molecule has 3 rings (SSSR count). The average Bonchev–Trinajstić information content (AvgIpc) is 2.46. The van der Waals surface area contributed by atoms with Crippen LogP contribution < -0.4 is 20.3 Å². The fraction of sp³-hybridized carbons (Fsp3) is 0.231. The lowest BCUT2D eigenvalue weighted by Gasteiger charge is -2.26. The molecule has 2 aromatic rings. The minimum Gasteiger partial charge on any atom is -0.486 e. The molecule has 0 spiro atoms. The van der Waals surface area contributed by atoms with Gasteiger partial charge in [-0.1, -0.05) is 12.1 Å². The summed E-state index contributed by atoms with van der Waals surface area (Å²) in [4.78, 5) is 10.9. The number of rotatable bonds is 3. The highest BCUT2D eigenvalue weighted by atomic mass is 16.6. The van der Waals surface area contributed by atoms with Gasteiger partial charge in [0.2, 0.25) is 0 Å². The van der Waals surface area contributed by atoms with Crippen LogP contribution in [0.4, 0.5) is 5.82 Å². The van der Waals surface area contributed by atoms with Crippen molar-refractivity contribution < 1.29 is 9.47 Å². The highest BCUT2D eigenvalue weighted by Gasteiger charge is 2.20. The van der Waals surface area contributed by atoms with Crippen LogP contribution in [0, 0.1) is 0 Å². The molecule has 1 atom stereocenters. The van der Waals surface area contributed by atoms with Gasteiger partial charge in [-0.05, 0) is 18.2 Å². The number of anilines is 1. The molecule has 0 saturated heterocycles. The fourth-order valence-corrected chi connectivity index (χ4v) is 1.83. The second kappa shape index (κ2) is 5.01. The molecule has 2 N–H and O–H groups in total. The first kappa shape index (κ1) is 11.6. The minimum atomic E-state index is -0.225. The van der Waals surface area contributed by atoms with Crippen molar-refractivity contribution in [2.24, 2.45) is 0 Å². The molecule has 0 fully saturated rings. The number of hydrogen-bond donors (Lipinski definition) is 2. The number of para-hydroxylation sites is 2. The maximum absolute atomic E-state index is 10.9. The zero-order valence-electron chi connectivity index (χ0n) is 10.1. The first-order valence-electron chi connectivity index (χ1n) is 5.99. The Labute approximate surface area is 109 Å². The second-order valence-corrected chi connectivity index (χ2v) is 4.18. The molecule has 6 heteroatoms. The number of fused-ring (bicyclic) bond motifs is 1. The zero-order chi connectivity index (χ0) is 13.1. The lowest BCUT2D eigenvalue weighted by molar-refractivity contribution is 0.0997. The average molecular weight is 259 g/mol. The van der Waals surface area contributed by atoms with Gasteiger partial charge in [-0.25, -0.2) is 5.10 Å². The van der Waals surface area contributed by atoms with Gasteiger partial charge in [0.25, 0.3) is 5.56 Å². The number of hydrogen-bond acceptors (Lipinski definition) is 5. The van der Waals surface area contributed by atoms with Gasteiger partial charge in [0.05, 0.1) is 6.54 Å². The third-order valence-electron chi connectivity index (χ3n) is 2.76. The number of aromatic amines is 1. The van der Waals surface area contributed by atoms with Crippen molar-refractivity contribution in [3.8, 4) is 11.5 Å². The maximum atomic E-state index is 10.9. The summed E-state index contributed by atoms with van der Waals surface area (Å²) in [6, 6.07) is 10.6. The van der Waals surface area contributed by atoms with Crippen LogP contribution in [0.2, 0.25) is 0 Å². The van der Waals surface area contributed by atoms with Gasteiger partial charge in [-0.2, -0.15) is 5.10 Å². The van der Waals surface area contributed by atoms with Crippen molar-refractivity contribution in [1.29, 1.82) is 0 Å². The van der Waals surface area contributed by atoms with Crippen molar-refractivity contribution >= 4 is 5.82 Å². The van der Waals surface area contributed by atoms with Crippen molar-refractivity contribution in [2.45, 2.75) is 6.10 Å². The van der Waals surface area contributed by atoms with E-state index in [4.69, 9.17) is 9.47 Å². The summed E-state index contributed by atoms with van der Waals surface area (Å²) in [5, 5.41) is 9.31. The van der Waals surface area contributed by atoms with E-state index >= 15 is 0 Å². The lowest BCUT2D eigenvalue weighted by atomic mass is 10.2. The van der Waals surface area contributed by atoms with Gasteiger partial charge < -0.3 is 14.8 Å². The summed E-state index contributed by atoms with van der Waals surface area (Å²) in [5.74, 6) is 2.11. The summed E-state index contributed by atoms with van der Waals surface area (Å²) in [6.07, 6.45) is -0.0939. The number of H-pyrrole nitrogens is 1. The molecule has 98 valence electrons. The quantitative estimate of drug-likeness (QED) is 0.860. The van der Waals surface area contributed by atoms with Crippen molar-refractivity contribution in [3.63, 3.8) is 0 Å². The van der Waals surface area contributed by atoms with Gasteiger partial charge in [-0.3, -0.25) is 4.79 Å². The predicted octanol–water partition coefficient (Wildman–Crippen LogP) is 1.02. The molecule has 0 saturated carbocycles. The minimum absolute atomic E-state index is 0.0939. The van der Waals surface area contributed by atoms with Crippen LogP contribution in [0.5, 0.6) is 11.5 Å². The molecule has 0 radical (unpaired) electrons. The first-order chi connectivity index (χ1) is 9.31. The Hall–Kier alpha value is -2.50. The SMILES string of the molecule is O=c1ccc(NCC2COc3ccccc3O2)n[nH]1. The van der Waals surface area contributed by atoms with E-state index in [1.807, 2.05) is 24.3 Å². The van der Waals surface area contributed by atoms with E-state index < -0.39 is 0 Å². The van der Waals surface area contributed by atoms with E-state index in [2.05, 4.69) is 15.5 Å². The molecule has 19 heavy (non-hydrogen) atoms. The first-order valence-corrected chi connectivity index (χ1v) is 5.99. The van der Waals surface area contributed by atoms with Crippen LogP contribution >= 0.6 is 0 Å². The summed E-state index contributed by atoms with van der Waals surface area (Å²) in [7, 11) is 0. The van der Waals surface area contributed by atoms with Crippen LogP contribution in [0.15, 0.2) is 41.2 Å². The molecule has 1 aliphatic rings. The molecule has 0 amide bonds. The van der Waals surface area contributed by atoms with Crippen molar-refractivity contribution in [3.05, 3.63) is 46.8 Å². The lowest BCUT2D eigenvalue weighted by Crippen LogP contribution is -2.35. The Balaban J connectivity index is 1.60. The Bertz CT molecular complexity index is 606. The Morgan fingerprint density at radius 1 is 1.26 bits per heavy atom. The summed E-state index contributed by atoms with van der Waals surface area (Å²) in [5.41, 5.74) is -0.225. The van der Waals surface area contributed by atoms with Gasteiger partial charge in [-0.15, -0.1) is 0 Å². The highest BCUT2D eigenvalue weighted by molar-refractivity contribution is 5.41. The van der Waals surface area contributed by atoms with Gasteiger partial charge >= 0.3 is 0 Å². The summed E-state index contributed by atoms with van der Waals surface area (Å²) >= 11 is 0. The van der Waals surface area contributed by atoms with E-state index in [-0.39, 0.29) is 11.7 Å². The molecule has 2 heterocycles. The number of benzene rings is 1. The second-order valence-electron chi connectivity index (χ2n) is 4.18. The monoisotopic (exact) mass is 259 g/mol. The predicted molar refractivity (Wildman–Crippen MR) is 69.7 cm³/mol. The fourth-order valence-electron chi connectivity index (χ4n) is 1.83. The number of nitrogens with one attached hydrogen (secondary N) is 2. The van der Waals surface area contributed by atoms with Gasteiger partial charge in [0.15, 0.2) is 11.5 Å². The smallest absolute Gasteiger partial charge is 0.264 e. The Morgan fingerprint density at radius 2 is 2.11 bits per heavy atom.